The minimum atomic E-state index is -1.01. The van der Waals surface area contributed by atoms with E-state index in [1.165, 1.54) is 4.90 Å². The Morgan fingerprint density at radius 1 is 1.47 bits per heavy atom. The van der Waals surface area contributed by atoms with Crippen LogP contribution in [0.2, 0.25) is 0 Å². The number of carbonyl (C=O) groups is 2. The van der Waals surface area contributed by atoms with Gasteiger partial charge in [0.15, 0.2) is 0 Å². The van der Waals surface area contributed by atoms with Crippen molar-refractivity contribution < 1.29 is 24.2 Å². The summed E-state index contributed by atoms with van der Waals surface area (Å²) in [6, 6.07) is -0.840. The Labute approximate surface area is 99.5 Å². The number of hydrogen-bond donors (Lipinski definition) is 1. The number of hydrogen-bond acceptors (Lipinski definition) is 4. The molecule has 2 atom stereocenters. The first-order valence-electron chi connectivity index (χ1n) is 5.59. The van der Waals surface area contributed by atoms with Crippen LogP contribution in [-0.2, 0) is 14.3 Å². The van der Waals surface area contributed by atoms with Gasteiger partial charge in [-0.3, -0.25) is 4.90 Å². The quantitative estimate of drug-likeness (QED) is 0.691. The molecule has 0 bridgehead atoms. The number of rotatable bonds is 1. The molecule has 2 aliphatic heterocycles. The highest BCUT2D eigenvalue weighted by atomic mass is 16.6. The smallest absolute Gasteiger partial charge is 0.411 e. The number of likely N-dealkylation sites (tertiary alicyclic amines) is 1. The summed E-state index contributed by atoms with van der Waals surface area (Å²) in [7, 11) is 0. The molecule has 6 heteroatoms. The standard InChI is InChI=1S/C11H17NO5/c1-10(2,3)17-9(15)12-5-11(6-16-11)4-7(12)8(13)14/h7H,4-6H2,1-3H3,(H,13,14)/t7-,11?/m0/s1. The van der Waals surface area contributed by atoms with Gasteiger partial charge >= 0.3 is 12.1 Å². The van der Waals surface area contributed by atoms with E-state index in [4.69, 9.17) is 14.6 Å². The van der Waals surface area contributed by atoms with Gasteiger partial charge in [-0.2, -0.15) is 0 Å². The fourth-order valence-electron chi connectivity index (χ4n) is 1.99. The number of carboxylic acids is 1. The third kappa shape index (κ3) is 2.52. The molecule has 0 aliphatic carbocycles. The van der Waals surface area contributed by atoms with Crippen LogP contribution in [0.3, 0.4) is 0 Å². The van der Waals surface area contributed by atoms with E-state index in [0.29, 0.717) is 19.6 Å². The number of aliphatic carboxylic acids is 1. The monoisotopic (exact) mass is 243 g/mol. The average molecular weight is 243 g/mol. The number of carbonyl (C=O) groups excluding carboxylic acids is 1. The number of ether oxygens (including phenoxy) is 2. The maximum Gasteiger partial charge on any atom is 0.411 e. The Kier molecular flexibility index (Phi) is 2.57. The predicted octanol–water partition coefficient (Wildman–Crippen LogP) is 0.849. The third-order valence-electron chi connectivity index (χ3n) is 2.87. The van der Waals surface area contributed by atoms with Crippen LogP contribution < -0.4 is 0 Å². The zero-order valence-electron chi connectivity index (χ0n) is 10.2. The van der Waals surface area contributed by atoms with E-state index < -0.39 is 29.3 Å². The molecule has 0 radical (unpaired) electrons. The largest absolute Gasteiger partial charge is 0.480 e. The molecule has 6 nitrogen and oxygen atoms in total. The minimum Gasteiger partial charge on any atom is -0.480 e. The van der Waals surface area contributed by atoms with Crippen molar-refractivity contribution in [1.29, 1.82) is 0 Å². The molecule has 1 N–H and O–H groups in total. The Morgan fingerprint density at radius 3 is 2.47 bits per heavy atom. The molecule has 2 saturated heterocycles. The van der Waals surface area contributed by atoms with Gasteiger partial charge in [-0.25, -0.2) is 9.59 Å². The van der Waals surface area contributed by atoms with Crippen molar-refractivity contribution in [3.8, 4) is 0 Å². The van der Waals surface area contributed by atoms with Crippen LogP contribution >= 0.6 is 0 Å². The van der Waals surface area contributed by atoms with Crippen LogP contribution in [0.4, 0.5) is 4.79 Å². The molecule has 17 heavy (non-hydrogen) atoms. The lowest BCUT2D eigenvalue weighted by Crippen LogP contribution is -2.43. The van der Waals surface area contributed by atoms with Gasteiger partial charge in [0.25, 0.3) is 0 Å². The van der Waals surface area contributed by atoms with Gasteiger partial charge in [0, 0.05) is 6.42 Å². The molecular formula is C11H17NO5. The highest BCUT2D eigenvalue weighted by molar-refractivity contribution is 5.81. The second kappa shape index (κ2) is 3.60. The Bertz CT molecular complexity index is 355. The fourth-order valence-corrected chi connectivity index (χ4v) is 1.99. The summed E-state index contributed by atoms with van der Waals surface area (Å²) in [4.78, 5) is 24.2. The van der Waals surface area contributed by atoms with Crippen molar-refractivity contribution in [2.45, 2.75) is 44.4 Å². The minimum absolute atomic E-state index is 0.304. The number of amides is 1. The van der Waals surface area contributed by atoms with Gasteiger partial charge in [-0.1, -0.05) is 0 Å². The van der Waals surface area contributed by atoms with Crippen molar-refractivity contribution in [2.75, 3.05) is 13.2 Å². The van der Waals surface area contributed by atoms with Crippen LogP contribution in [0.1, 0.15) is 27.2 Å². The van der Waals surface area contributed by atoms with E-state index in [2.05, 4.69) is 0 Å². The lowest BCUT2D eigenvalue weighted by atomic mass is 10.1. The Hall–Kier alpha value is -1.30. The van der Waals surface area contributed by atoms with Gasteiger partial charge in [0.2, 0.25) is 0 Å². The fraction of sp³-hybridized carbons (Fsp3) is 0.818. The zero-order chi connectivity index (χ0) is 12.8. The first-order valence-corrected chi connectivity index (χ1v) is 5.59. The summed E-state index contributed by atoms with van der Waals surface area (Å²) < 4.78 is 10.4. The Morgan fingerprint density at radius 2 is 2.06 bits per heavy atom. The number of nitrogens with zero attached hydrogens (tertiary/aromatic N) is 1. The van der Waals surface area contributed by atoms with Crippen LogP contribution in [-0.4, -0.2) is 52.5 Å². The lowest BCUT2D eigenvalue weighted by molar-refractivity contribution is -0.142. The van der Waals surface area contributed by atoms with E-state index >= 15 is 0 Å². The van der Waals surface area contributed by atoms with Gasteiger partial charge in [-0.05, 0) is 20.8 Å². The second-order valence-electron chi connectivity index (χ2n) is 5.64. The van der Waals surface area contributed by atoms with Gasteiger partial charge in [0.1, 0.15) is 17.2 Å². The molecule has 0 aromatic rings. The van der Waals surface area contributed by atoms with Crippen LogP contribution in [0.25, 0.3) is 0 Å². The van der Waals surface area contributed by atoms with Crippen LogP contribution in [0.5, 0.6) is 0 Å². The maximum absolute atomic E-state index is 11.9. The summed E-state index contributed by atoms with van der Waals surface area (Å²) >= 11 is 0. The normalized spacial score (nSPS) is 31.7. The molecule has 2 aliphatic rings. The summed E-state index contributed by atoms with van der Waals surface area (Å²) in [5.41, 5.74) is -1.06. The topological polar surface area (TPSA) is 79.4 Å². The molecule has 96 valence electrons. The lowest BCUT2D eigenvalue weighted by Gasteiger charge is -2.26. The summed E-state index contributed by atoms with van der Waals surface area (Å²) in [5, 5.41) is 9.09. The second-order valence-corrected chi connectivity index (χ2v) is 5.64. The number of carboxylic acid groups (broad SMARTS) is 1. The van der Waals surface area contributed by atoms with Gasteiger partial charge < -0.3 is 14.6 Å². The molecule has 1 amide bonds. The Balaban J connectivity index is 2.08. The highest BCUT2D eigenvalue weighted by Gasteiger charge is 2.58. The van der Waals surface area contributed by atoms with E-state index in [1.54, 1.807) is 20.8 Å². The molecule has 0 saturated carbocycles. The first kappa shape index (κ1) is 12.2. The molecule has 0 aromatic heterocycles. The summed E-state index contributed by atoms with van der Waals surface area (Å²) in [6.45, 7) is 6.08. The van der Waals surface area contributed by atoms with Crippen LogP contribution in [0.15, 0.2) is 0 Å². The maximum atomic E-state index is 11.9. The first-order chi connectivity index (χ1) is 7.72. The van der Waals surface area contributed by atoms with Gasteiger partial charge in [0.05, 0.1) is 13.2 Å². The summed E-state index contributed by atoms with van der Waals surface area (Å²) in [6.07, 6.45) is -0.237. The molecule has 1 spiro atoms. The number of epoxide rings is 1. The average Bonchev–Trinajstić information content (AvgIpc) is 2.73. The van der Waals surface area contributed by atoms with E-state index in [9.17, 15) is 9.59 Å². The van der Waals surface area contributed by atoms with E-state index in [1.807, 2.05) is 0 Å². The van der Waals surface area contributed by atoms with Crippen molar-refractivity contribution >= 4 is 12.1 Å². The zero-order valence-corrected chi connectivity index (χ0v) is 10.2. The van der Waals surface area contributed by atoms with Crippen molar-refractivity contribution in [3.63, 3.8) is 0 Å². The van der Waals surface area contributed by atoms with E-state index in [0.717, 1.165) is 0 Å². The molecule has 2 heterocycles. The molecule has 2 rings (SSSR count). The van der Waals surface area contributed by atoms with E-state index in [-0.39, 0.29) is 0 Å². The molecule has 0 aromatic carbocycles. The van der Waals surface area contributed by atoms with Crippen molar-refractivity contribution in [3.05, 3.63) is 0 Å². The summed E-state index contributed by atoms with van der Waals surface area (Å²) in [5.74, 6) is -1.01. The molecular weight excluding hydrogens is 226 g/mol. The third-order valence-corrected chi connectivity index (χ3v) is 2.87. The molecule has 2 fully saturated rings. The SMILES string of the molecule is CC(C)(C)OC(=O)N1CC2(CO2)C[C@H]1C(=O)O. The van der Waals surface area contributed by atoms with Crippen molar-refractivity contribution in [1.82, 2.24) is 4.90 Å². The molecule has 1 unspecified atom stereocenters. The predicted molar refractivity (Wildman–Crippen MR) is 57.7 cm³/mol. The van der Waals surface area contributed by atoms with Gasteiger partial charge in [-0.15, -0.1) is 0 Å². The van der Waals surface area contributed by atoms with Crippen molar-refractivity contribution in [2.24, 2.45) is 0 Å². The van der Waals surface area contributed by atoms with Crippen LogP contribution in [0, 0.1) is 0 Å². The highest BCUT2D eigenvalue weighted by Crippen LogP contribution is 2.40.